The summed E-state index contributed by atoms with van der Waals surface area (Å²) >= 11 is 9.59. The molecule has 0 radical (unpaired) electrons. The highest BCUT2D eigenvalue weighted by Crippen LogP contribution is 2.32. The van der Waals surface area contributed by atoms with Gasteiger partial charge in [-0.15, -0.1) is 27.8 Å². The van der Waals surface area contributed by atoms with Crippen molar-refractivity contribution in [2.24, 2.45) is 5.10 Å². The number of hydrogen-bond acceptors (Lipinski definition) is 8. The summed E-state index contributed by atoms with van der Waals surface area (Å²) in [7, 11) is 1.37. The number of methoxy groups -OCH3 is 1. The minimum Gasteiger partial charge on any atom is -0.469 e. The fourth-order valence-corrected chi connectivity index (χ4v) is 5.49. The first-order chi connectivity index (χ1) is 12.1. The summed E-state index contributed by atoms with van der Waals surface area (Å²) in [6.07, 6.45) is 3.39. The highest BCUT2D eigenvalue weighted by molar-refractivity contribution is 8.26. The lowest BCUT2D eigenvalue weighted by Crippen LogP contribution is -2.23. The third-order valence-electron chi connectivity index (χ3n) is 3.34. The Kier molecular flexibility index (Phi) is 6.00. The zero-order valence-corrected chi connectivity index (χ0v) is 16.5. The van der Waals surface area contributed by atoms with Gasteiger partial charge in [0.15, 0.2) is 8.31 Å². The molecule has 0 aliphatic carbocycles. The van der Waals surface area contributed by atoms with Crippen molar-refractivity contribution in [3.05, 3.63) is 39.2 Å². The Balaban J connectivity index is 1.73. The summed E-state index contributed by atoms with van der Waals surface area (Å²) in [6, 6.07) is 8.01. The van der Waals surface area contributed by atoms with E-state index >= 15 is 0 Å². The highest BCUT2D eigenvalue weighted by atomic mass is 32.2. The zero-order chi connectivity index (χ0) is 17.8. The molecule has 0 saturated carbocycles. The average Bonchev–Trinajstić information content (AvgIpc) is 3.14. The minimum atomic E-state index is -0.248. The Labute approximate surface area is 162 Å². The molecular weight excluding hydrogens is 396 g/mol. The summed E-state index contributed by atoms with van der Waals surface area (Å²) in [5.41, 5.74) is 0. The van der Waals surface area contributed by atoms with Gasteiger partial charge in [-0.3, -0.25) is 9.59 Å². The first-order valence-corrected chi connectivity index (χ1v) is 10.3. The summed E-state index contributed by atoms with van der Waals surface area (Å²) in [5, 5.41) is 5.71. The van der Waals surface area contributed by atoms with Crippen LogP contribution in [-0.4, -0.2) is 28.3 Å². The Morgan fingerprint density at radius 1 is 1.32 bits per heavy atom. The molecular formula is C16H14N2O3S4. The van der Waals surface area contributed by atoms with Crippen LogP contribution in [-0.2, 0) is 14.3 Å². The van der Waals surface area contributed by atoms with Gasteiger partial charge >= 0.3 is 5.97 Å². The number of carbonyl (C=O) groups excluding carboxylic acids is 2. The number of amides is 1. The Bertz CT molecular complexity index is 893. The molecule has 0 unspecified atom stereocenters. The van der Waals surface area contributed by atoms with Crippen LogP contribution in [0.2, 0.25) is 0 Å². The Hall–Kier alpha value is -1.55. The smallest absolute Gasteiger partial charge is 0.305 e. The first kappa shape index (κ1) is 18.2. The number of esters is 1. The highest BCUT2D eigenvalue weighted by Gasteiger charge is 2.32. The lowest BCUT2D eigenvalue weighted by molar-refractivity contribution is -0.140. The molecule has 25 heavy (non-hydrogen) atoms. The zero-order valence-electron chi connectivity index (χ0n) is 13.3. The molecule has 1 aromatic heterocycles. The molecule has 1 amide bonds. The number of ether oxygens (including phenoxy) is 1. The second-order valence-electron chi connectivity index (χ2n) is 5.04. The molecule has 9 heteroatoms. The third kappa shape index (κ3) is 4.35. The van der Waals surface area contributed by atoms with Gasteiger partial charge in [-0.25, -0.2) is 0 Å². The van der Waals surface area contributed by atoms with Crippen molar-refractivity contribution in [3.8, 4) is 0 Å². The second kappa shape index (κ2) is 8.22. The van der Waals surface area contributed by atoms with E-state index in [-0.39, 0.29) is 11.9 Å². The number of hydrogen-bond donors (Lipinski definition) is 0. The van der Waals surface area contributed by atoms with Crippen molar-refractivity contribution < 1.29 is 14.3 Å². The molecule has 0 atom stereocenters. The monoisotopic (exact) mass is 410 g/mol. The van der Waals surface area contributed by atoms with E-state index in [9.17, 15) is 9.59 Å². The molecule has 1 aliphatic rings. The quantitative estimate of drug-likeness (QED) is 0.324. The number of benzene rings is 1. The van der Waals surface area contributed by atoms with Gasteiger partial charge in [-0.2, -0.15) is 5.01 Å². The van der Waals surface area contributed by atoms with Crippen LogP contribution in [0.5, 0.6) is 0 Å². The van der Waals surface area contributed by atoms with Crippen LogP contribution in [0, 0.1) is 0 Å². The van der Waals surface area contributed by atoms with E-state index in [1.54, 1.807) is 0 Å². The summed E-state index contributed by atoms with van der Waals surface area (Å²) in [5.74, 6) is -0.458. The van der Waals surface area contributed by atoms with Crippen molar-refractivity contribution in [3.63, 3.8) is 0 Å². The van der Waals surface area contributed by atoms with Crippen LogP contribution in [0.1, 0.15) is 19.3 Å². The van der Waals surface area contributed by atoms with Crippen molar-refractivity contribution in [2.75, 3.05) is 7.11 Å². The molecule has 2 aromatic rings. The lowest BCUT2D eigenvalue weighted by Gasteiger charge is -2.04. The van der Waals surface area contributed by atoms with Crippen LogP contribution < -0.4 is 3.98 Å². The second-order valence-corrected chi connectivity index (χ2v) is 9.03. The summed E-state index contributed by atoms with van der Waals surface area (Å²) in [6.45, 7) is 0. The Morgan fingerprint density at radius 3 is 2.64 bits per heavy atom. The number of nitrogens with zero attached hydrogens (tertiary/aromatic N) is 2. The van der Waals surface area contributed by atoms with E-state index in [4.69, 9.17) is 12.2 Å². The average molecular weight is 411 g/mol. The van der Waals surface area contributed by atoms with Crippen LogP contribution in [0.15, 0.2) is 40.3 Å². The predicted octanol–water partition coefficient (Wildman–Crippen LogP) is 3.87. The van der Waals surface area contributed by atoms with Gasteiger partial charge in [0.2, 0.25) is 0 Å². The maximum atomic E-state index is 12.5. The first-order valence-electron chi connectivity index (χ1n) is 7.45. The van der Waals surface area contributed by atoms with E-state index < -0.39 is 0 Å². The van der Waals surface area contributed by atoms with Gasteiger partial charge in [0.1, 0.15) is 0 Å². The van der Waals surface area contributed by atoms with Crippen LogP contribution in [0.3, 0.4) is 0 Å². The topological polar surface area (TPSA) is 59.0 Å². The van der Waals surface area contributed by atoms with Gasteiger partial charge in [0.25, 0.3) is 5.91 Å². The number of thiocarbonyl (C=S) groups is 1. The largest absolute Gasteiger partial charge is 0.469 e. The number of thioether (sulfide) groups is 1. The fourth-order valence-electron chi connectivity index (χ4n) is 2.12. The maximum Gasteiger partial charge on any atom is 0.305 e. The minimum absolute atomic E-state index is 0.210. The third-order valence-corrected chi connectivity index (χ3v) is 6.97. The van der Waals surface area contributed by atoms with Gasteiger partial charge in [-0.1, -0.05) is 30.0 Å². The summed E-state index contributed by atoms with van der Waals surface area (Å²) < 4.78 is 8.07. The number of unbranched alkanes of at least 4 members (excludes halogenated alkanes) is 1. The number of fused-ring (bicyclic) bond motifs is 1. The molecule has 130 valence electrons. The number of rotatable bonds is 5. The van der Waals surface area contributed by atoms with Crippen molar-refractivity contribution in [1.29, 1.82) is 0 Å². The molecule has 1 aliphatic heterocycles. The van der Waals surface area contributed by atoms with Crippen molar-refractivity contribution >= 4 is 72.3 Å². The molecule has 5 nitrogen and oxygen atoms in total. The van der Waals surface area contributed by atoms with Crippen LogP contribution in [0.4, 0.5) is 0 Å². The predicted molar refractivity (Wildman–Crippen MR) is 106 cm³/mol. The van der Waals surface area contributed by atoms with Crippen LogP contribution in [0.25, 0.3) is 9.40 Å². The van der Waals surface area contributed by atoms with E-state index in [0.717, 1.165) is 13.4 Å². The van der Waals surface area contributed by atoms with E-state index in [0.29, 0.717) is 28.5 Å². The molecule has 0 bridgehead atoms. The van der Waals surface area contributed by atoms with E-state index in [1.165, 1.54) is 46.6 Å². The van der Waals surface area contributed by atoms with Gasteiger partial charge in [-0.05, 0) is 37.2 Å². The molecule has 1 aromatic carbocycles. The van der Waals surface area contributed by atoms with Gasteiger partial charge in [0.05, 0.1) is 12.0 Å². The standard InChI is InChI=1S/C16H14N2O3S4/c1-21-13(19)9-5-4-8-12-14(20)18(16(22)25-12)17-15-23-10-6-2-3-7-11(10)24-15/h2-3,6-8H,4-5,9H2,1H3. The fraction of sp³-hybridized carbons (Fsp3) is 0.250. The number of allylic oxidation sites excluding steroid dienone is 1. The Morgan fingerprint density at radius 2 is 2.00 bits per heavy atom. The van der Waals surface area contributed by atoms with E-state index in [2.05, 4.69) is 9.84 Å². The lowest BCUT2D eigenvalue weighted by atomic mass is 10.2. The molecule has 3 rings (SSSR count). The van der Waals surface area contributed by atoms with Crippen molar-refractivity contribution in [1.82, 2.24) is 5.01 Å². The molecule has 0 N–H and O–H groups in total. The number of carbonyl (C=O) groups is 2. The van der Waals surface area contributed by atoms with Gasteiger partial charge in [0, 0.05) is 15.8 Å². The molecule has 1 saturated heterocycles. The van der Waals surface area contributed by atoms with Crippen molar-refractivity contribution in [2.45, 2.75) is 19.3 Å². The molecule has 1 fully saturated rings. The summed E-state index contributed by atoms with van der Waals surface area (Å²) in [4.78, 5) is 24.1. The molecule has 2 heterocycles. The van der Waals surface area contributed by atoms with E-state index in [1.807, 2.05) is 30.3 Å². The molecule has 0 spiro atoms. The maximum absolute atomic E-state index is 12.5. The van der Waals surface area contributed by atoms with Crippen LogP contribution >= 0.6 is 46.7 Å². The SMILES string of the molecule is COC(=O)CCCC=C1SC(=S)N(N=c2sc3ccccc3s2)C1=O. The normalized spacial score (nSPS) is 16.0. The van der Waals surface area contributed by atoms with Gasteiger partial charge < -0.3 is 4.74 Å².